The summed E-state index contributed by atoms with van der Waals surface area (Å²) >= 11 is 0. The second-order valence-corrected chi connectivity index (χ2v) is 10.5. The average Bonchev–Trinajstić information content (AvgIpc) is 3.43. The largest absolute Gasteiger partial charge is 0.395 e. The molecule has 0 saturated heterocycles. The molecular weight excluding hydrogens is 390 g/mol. The molecule has 31 heavy (non-hydrogen) atoms. The van der Waals surface area contributed by atoms with Gasteiger partial charge < -0.3 is 10.2 Å². The first-order chi connectivity index (χ1) is 15.1. The fourth-order valence-corrected chi connectivity index (χ4v) is 7.93. The molecule has 8 atom stereocenters. The number of ketones is 1. The topological polar surface area (TPSA) is 88.2 Å². The van der Waals surface area contributed by atoms with Crippen LogP contribution in [0.15, 0.2) is 12.4 Å². The Morgan fingerprint density at radius 3 is 2.58 bits per heavy atom. The molecule has 0 bridgehead atoms. The molecule has 4 aliphatic rings. The molecule has 0 aliphatic heterocycles. The fourth-order valence-electron chi connectivity index (χ4n) is 7.93. The van der Waals surface area contributed by atoms with Gasteiger partial charge in [0.15, 0.2) is 5.78 Å². The van der Waals surface area contributed by atoms with E-state index < -0.39 is 5.60 Å². The van der Waals surface area contributed by atoms with Crippen molar-refractivity contribution in [3.63, 3.8) is 0 Å². The second kappa shape index (κ2) is 8.67. The maximum Gasteiger partial charge on any atom is 0.157 e. The van der Waals surface area contributed by atoms with E-state index in [0.29, 0.717) is 42.4 Å². The predicted octanol–water partition coefficient (Wildman–Crippen LogP) is 2.84. The molecule has 5 rings (SSSR count). The Kier molecular flexibility index (Phi) is 5.92. The molecule has 4 fully saturated rings. The highest BCUT2D eigenvalue weighted by molar-refractivity contribution is 5.81. The Bertz CT molecular complexity index is 844. The summed E-state index contributed by atoms with van der Waals surface area (Å²) in [6.45, 7) is 0.423. The van der Waals surface area contributed by atoms with E-state index in [0.717, 1.165) is 37.5 Å². The lowest BCUT2D eigenvalue weighted by Gasteiger charge is -2.53. The minimum absolute atomic E-state index is 0.0593. The Labute approximate surface area is 184 Å². The number of Topliss-reactive ketones (excluding diaryl/α,β-unsaturated/α-hetero) is 1. The highest BCUT2D eigenvalue weighted by Gasteiger charge is 2.54. The molecule has 1 aromatic rings. The second-order valence-electron chi connectivity index (χ2n) is 10.5. The first-order valence-corrected chi connectivity index (χ1v) is 12.3. The van der Waals surface area contributed by atoms with Crippen molar-refractivity contribution in [1.29, 1.82) is 0 Å². The van der Waals surface area contributed by atoms with Gasteiger partial charge in [-0.25, -0.2) is 4.68 Å². The van der Waals surface area contributed by atoms with Crippen LogP contribution in [-0.4, -0.2) is 43.2 Å². The molecule has 6 heteroatoms. The molecule has 6 nitrogen and oxygen atoms in total. The predicted molar refractivity (Wildman–Crippen MR) is 115 cm³/mol. The van der Waals surface area contributed by atoms with E-state index in [-0.39, 0.29) is 12.5 Å². The van der Waals surface area contributed by atoms with Gasteiger partial charge in [-0.15, -0.1) is 5.10 Å². The van der Waals surface area contributed by atoms with E-state index in [1.807, 2.05) is 0 Å². The van der Waals surface area contributed by atoms with Gasteiger partial charge in [-0.2, -0.15) is 0 Å². The Hall–Kier alpha value is -1.71. The van der Waals surface area contributed by atoms with Crippen molar-refractivity contribution in [2.24, 2.45) is 41.4 Å². The number of fused-ring (bicyclic) bond motifs is 5. The first kappa shape index (κ1) is 21.2. The zero-order chi connectivity index (χ0) is 21.4. The number of aromatic nitrogens is 3. The molecule has 1 aromatic heterocycles. The van der Waals surface area contributed by atoms with E-state index in [2.05, 4.69) is 22.2 Å². The van der Waals surface area contributed by atoms with E-state index in [1.54, 1.807) is 17.1 Å². The summed E-state index contributed by atoms with van der Waals surface area (Å²) in [7, 11) is 0. The van der Waals surface area contributed by atoms with Crippen molar-refractivity contribution < 1.29 is 15.0 Å². The van der Waals surface area contributed by atoms with Gasteiger partial charge in [0.05, 0.1) is 12.8 Å². The SMILES string of the molecule is O=C(Cn1ccnn1)C1CCC2C1CCC1C2CC[C@@H]2C[C@@](O)(C#CCCO)CCC12. The van der Waals surface area contributed by atoms with Crippen LogP contribution in [0.2, 0.25) is 0 Å². The number of aliphatic hydroxyl groups is 2. The third-order valence-electron chi connectivity index (χ3n) is 9.09. The van der Waals surface area contributed by atoms with E-state index in [1.165, 1.54) is 32.1 Å². The Balaban J connectivity index is 1.23. The van der Waals surface area contributed by atoms with Gasteiger partial charge in [0.1, 0.15) is 12.1 Å². The maximum absolute atomic E-state index is 13.0. The van der Waals surface area contributed by atoms with Gasteiger partial charge in [-0.3, -0.25) is 4.79 Å². The molecule has 1 heterocycles. The van der Waals surface area contributed by atoms with Gasteiger partial charge in [0.2, 0.25) is 0 Å². The molecule has 0 aromatic carbocycles. The third-order valence-corrected chi connectivity index (χ3v) is 9.09. The third kappa shape index (κ3) is 4.07. The molecule has 0 amide bonds. The lowest BCUT2D eigenvalue weighted by Crippen LogP contribution is -2.48. The lowest BCUT2D eigenvalue weighted by atomic mass is 9.52. The van der Waals surface area contributed by atoms with Crippen LogP contribution < -0.4 is 0 Å². The van der Waals surface area contributed by atoms with Crippen LogP contribution in [0.5, 0.6) is 0 Å². The van der Waals surface area contributed by atoms with Crippen LogP contribution in [0.3, 0.4) is 0 Å². The number of carbonyl (C=O) groups is 1. The van der Waals surface area contributed by atoms with Crippen LogP contribution in [0.4, 0.5) is 0 Å². The van der Waals surface area contributed by atoms with Crippen LogP contribution in [0.1, 0.15) is 64.2 Å². The van der Waals surface area contributed by atoms with Gasteiger partial charge in [0, 0.05) is 18.5 Å². The van der Waals surface area contributed by atoms with Crippen molar-refractivity contribution in [1.82, 2.24) is 15.0 Å². The number of hydrogen-bond donors (Lipinski definition) is 2. The number of aliphatic hydroxyl groups excluding tert-OH is 1. The van der Waals surface area contributed by atoms with E-state index in [9.17, 15) is 9.90 Å². The number of nitrogens with zero attached hydrogens (tertiary/aromatic N) is 3. The summed E-state index contributed by atoms with van der Waals surface area (Å²) in [6.07, 6.45) is 13.6. The van der Waals surface area contributed by atoms with Crippen molar-refractivity contribution in [2.45, 2.75) is 76.4 Å². The van der Waals surface area contributed by atoms with Gasteiger partial charge >= 0.3 is 0 Å². The number of hydrogen-bond acceptors (Lipinski definition) is 5. The first-order valence-electron chi connectivity index (χ1n) is 12.3. The quantitative estimate of drug-likeness (QED) is 0.724. The molecule has 6 unspecified atom stereocenters. The number of carbonyl (C=O) groups excluding carboxylic acids is 1. The van der Waals surface area contributed by atoms with Gasteiger partial charge in [-0.1, -0.05) is 17.1 Å². The Morgan fingerprint density at radius 1 is 1.03 bits per heavy atom. The minimum Gasteiger partial charge on any atom is -0.395 e. The monoisotopic (exact) mass is 425 g/mol. The highest BCUT2D eigenvalue weighted by atomic mass is 16.3. The number of rotatable bonds is 4. The minimum atomic E-state index is -0.855. The summed E-state index contributed by atoms with van der Waals surface area (Å²) in [5, 5.41) is 27.8. The van der Waals surface area contributed by atoms with E-state index in [4.69, 9.17) is 5.11 Å². The van der Waals surface area contributed by atoms with Crippen molar-refractivity contribution in [3.05, 3.63) is 12.4 Å². The van der Waals surface area contributed by atoms with Crippen LogP contribution >= 0.6 is 0 Å². The molecule has 4 saturated carbocycles. The summed E-state index contributed by atoms with van der Waals surface area (Å²) < 4.78 is 1.67. The summed E-state index contributed by atoms with van der Waals surface area (Å²) in [5.74, 6) is 10.7. The van der Waals surface area contributed by atoms with Crippen molar-refractivity contribution >= 4 is 5.78 Å². The van der Waals surface area contributed by atoms with Crippen LogP contribution in [0.25, 0.3) is 0 Å². The lowest BCUT2D eigenvalue weighted by molar-refractivity contribution is -0.126. The molecule has 2 N–H and O–H groups in total. The van der Waals surface area contributed by atoms with Crippen LogP contribution in [0, 0.1) is 53.3 Å². The fraction of sp³-hybridized carbons (Fsp3) is 0.800. The molecular formula is C25H35N3O3. The zero-order valence-electron chi connectivity index (χ0n) is 18.3. The van der Waals surface area contributed by atoms with Gasteiger partial charge in [-0.05, 0) is 93.3 Å². The smallest absolute Gasteiger partial charge is 0.157 e. The van der Waals surface area contributed by atoms with Crippen molar-refractivity contribution in [2.75, 3.05) is 6.61 Å². The highest BCUT2D eigenvalue weighted by Crippen LogP contribution is 2.59. The average molecular weight is 426 g/mol. The zero-order valence-corrected chi connectivity index (χ0v) is 18.3. The van der Waals surface area contributed by atoms with E-state index >= 15 is 0 Å². The Morgan fingerprint density at radius 2 is 1.77 bits per heavy atom. The van der Waals surface area contributed by atoms with Crippen LogP contribution in [-0.2, 0) is 11.3 Å². The summed E-state index contributed by atoms with van der Waals surface area (Å²) in [4.78, 5) is 13.0. The maximum atomic E-state index is 13.0. The molecule has 168 valence electrons. The summed E-state index contributed by atoms with van der Waals surface area (Å²) in [6, 6.07) is 0. The standard InChI is InChI=1S/C25H35N3O3/c29-14-2-1-10-25(31)11-9-18-17(15-25)3-4-20-19(18)5-6-22-21(20)7-8-23(22)24(30)16-28-13-12-26-27-28/h12-13,17-23,29,31H,2-9,11,14-16H2/t17-,18?,19?,20?,21?,22?,23?,25-/m1/s1. The normalized spacial score (nSPS) is 41.4. The van der Waals surface area contributed by atoms with Crippen molar-refractivity contribution in [3.8, 4) is 11.8 Å². The van der Waals surface area contributed by atoms with Gasteiger partial charge in [0.25, 0.3) is 0 Å². The summed E-state index contributed by atoms with van der Waals surface area (Å²) in [5.41, 5.74) is -0.855. The molecule has 0 spiro atoms. The molecule has 0 radical (unpaired) electrons. The molecule has 4 aliphatic carbocycles.